The second-order valence-electron chi connectivity index (χ2n) is 8.20. The van der Waals surface area contributed by atoms with Crippen molar-refractivity contribution in [3.05, 3.63) is 0 Å². The second-order valence-corrected chi connectivity index (χ2v) is 8.20. The van der Waals surface area contributed by atoms with E-state index in [4.69, 9.17) is 0 Å². The molecule has 21 heavy (non-hydrogen) atoms. The molecule has 0 radical (unpaired) electrons. The number of rotatable bonds is 2. The van der Waals surface area contributed by atoms with E-state index in [1.54, 1.807) is 0 Å². The Labute approximate surface area is 128 Å². The van der Waals surface area contributed by atoms with E-state index in [9.17, 15) is 4.79 Å². The van der Waals surface area contributed by atoms with Gasteiger partial charge in [-0.2, -0.15) is 0 Å². The molecule has 4 fully saturated rings. The predicted molar refractivity (Wildman–Crippen MR) is 83.7 cm³/mol. The average molecular weight is 290 g/mol. The molecule has 3 heteroatoms. The fourth-order valence-corrected chi connectivity index (χ4v) is 5.03. The Bertz CT molecular complexity index is 411. The van der Waals surface area contributed by atoms with Gasteiger partial charge in [0.25, 0.3) is 0 Å². The lowest BCUT2D eigenvalue weighted by Gasteiger charge is -2.35. The summed E-state index contributed by atoms with van der Waals surface area (Å²) in [5, 5.41) is 3.79. The average Bonchev–Trinajstić information content (AvgIpc) is 3.02. The molecular formula is C18H30N2O. The van der Waals surface area contributed by atoms with Gasteiger partial charge in [0.2, 0.25) is 5.91 Å². The maximum atomic E-state index is 13.0. The van der Waals surface area contributed by atoms with Crippen LogP contribution in [0.1, 0.15) is 77.6 Å². The zero-order valence-corrected chi connectivity index (χ0v) is 13.4. The number of hydrogen-bond acceptors (Lipinski definition) is 2. The molecular weight excluding hydrogens is 260 g/mol. The number of amides is 1. The zero-order valence-electron chi connectivity index (χ0n) is 13.4. The van der Waals surface area contributed by atoms with Gasteiger partial charge in [-0.15, -0.1) is 0 Å². The lowest BCUT2D eigenvalue weighted by molar-refractivity contribution is -0.134. The second kappa shape index (κ2) is 5.26. The van der Waals surface area contributed by atoms with E-state index < -0.39 is 0 Å². The molecule has 0 aromatic rings. The molecule has 1 N–H and O–H groups in total. The first-order valence-corrected chi connectivity index (χ1v) is 9.30. The standard InChI is InChI=1S/C18H30N2O/c1-13-5-4-8-15(10-9-13)20-16(14-6-2-3-7-14)19-18(11-12-18)17(20)21/h13-16,19H,2-12H2,1H3. The van der Waals surface area contributed by atoms with E-state index in [1.165, 1.54) is 57.8 Å². The molecule has 3 nitrogen and oxygen atoms in total. The molecule has 118 valence electrons. The highest BCUT2D eigenvalue weighted by Crippen LogP contribution is 2.47. The van der Waals surface area contributed by atoms with Crippen LogP contribution in [0.5, 0.6) is 0 Å². The van der Waals surface area contributed by atoms with Crippen LogP contribution >= 0.6 is 0 Å². The van der Waals surface area contributed by atoms with E-state index in [-0.39, 0.29) is 5.54 Å². The molecule has 0 aromatic heterocycles. The molecule has 4 rings (SSSR count). The number of hydrogen-bond donors (Lipinski definition) is 1. The Hall–Kier alpha value is -0.570. The van der Waals surface area contributed by atoms with Gasteiger partial charge in [0, 0.05) is 6.04 Å². The maximum absolute atomic E-state index is 13.0. The van der Waals surface area contributed by atoms with Crippen LogP contribution in [-0.4, -0.2) is 28.6 Å². The first-order valence-electron chi connectivity index (χ1n) is 9.30. The molecule has 4 aliphatic rings. The third-order valence-corrected chi connectivity index (χ3v) is 6.58. The minimum absolute atomic E-state index is 0.120. The van der Waals surface area contributed by atoms with Crippen molar-refractivity contribution in [2.75, 3.05) is 0 Å². The van der Waals surface area contributed by atoms with E-state index in [0.29, 0.717) is 18.1 Å². The van der Waals surface area contributed by atoms with Crippen LogP contribution in [0, 0.1) is 11.8 Å². The fourth-order valence-electron chi connectivity index (χ4n) is 5.03. The number of nitrogens with zero attached hydrogens (tertiary/aromatic N) is 1. The molecule has 3 aliphatic carbocycles. The molecule has 0 bridgehead atoms. The van der Waals surface area contributed by atoms with Gasteiger partial charge < -0.3 is 4.90 Å². The highest BCUT2D eigenvalue weighted by Gasteiger charge is 2.61. The molecule has 3 atom stereocenters. The summed E-state index contributed by atoms with van der Waals surface area (Å²) in [6, 6.07) is 0.514. The largest absolute Gasteiger partial charge is 0.322 e. The molecule has 1 heterocycles. The van der Waals surface area contributed by atoms with Crippen molar-refractivity contribution in [1.29, 1.82) is 0 Å². The van der Waals surface area contributed by atoms with Crippen LogP contribution in [-0.2, 0) is 4.79 Å². The molecule has 0 aromatic carbocycles. The highest BCUT2D eigenvalue weighted by atomic mass is 16.2. The monoisotopic (exact) mass is 290 g/mol. The maximum Gasteiger partial charge on any atom is 0.244 e. The lowest BCUT2D eigenvalue weighted by atomic mass is 9.99. The van der Waals surface area contributed by atoms with Crippen molar-refractivity contribution < 1.29 is 4.79 Å². The summed E-state index contributed by atoms with van der Waals surface area (Å²) in [5.41, 5.74) is -0.120. The first-order chi connectivity index (χ1) is 10.2. The van der Waals surface area contributed by atoms with Crippen LogP contribution < -0.4 is 5.32 Å². The van der Waals surface area contributed by atoms with Crippen LogP contribution in [0.15, 0.2) is 0 Å². The quantitative estimate of drug-likeness (QED) is 0.790. The summed E-state index contributed by atoms with van der Waals surface area (Å²) in [4.78, 5) is 15.4. The Kier molecular flexibility index (Phi) is 3.52. The predicted octanol–water partition coefficient (Wildman–Crippen LogP) is 3.44. The Morgan fingerprint density at radius 3 is 2.48 bits per heavy atom. The minimum Gasteiger partial charge on any atom is -0.322 e. The molecule has 3 saturated carbocycles. The van der Waals surface area contributed by atoms with Gasteiger partial charge in [0.15, 0.2) is 0 Å². The third-order valence-electron chi connectivity index (χ3n) is 6.58. The zero-order chi connectivity index (χ0) is 14.4. The van der Waals surface area contributed by atoms with Crippen molar-refractivity contribution in [3.8, 4) is 0 Å². The number of carbonyl (C=O) groups is 1. The summed E-state index contributed by atoms with van der Waals surface area (Å²) < 4.78 is 0. The lowest BCUT2D eigenvalue weighted by Crippen LogP contribution is -2.48. The van der Waals surface area contributed by atoms with Gasteiger partial charge in [-0.3, -0.25) is 10.1 Å². The Morgan fingerprint density at radius 2 is 1.76 bits per heavy atom. The summed E-state index contributed by atoms with van der Waals surface area (Å²) >= 11 is 0. The van der Waals surface area contributed by atoms with E-state index in [2.05, 4.69) is 17.1 Å². The molecule has 3 unspecified atom stereocenters. The van der Waals surface area contributed by atoms with Crippen molar-refractivity contribution in [2.45, 2.75) is 95.3 Å². The fraction of sp³-hybridized carbons (Fsp3) is 0.944. The first kappa shape index (κ1) is 14.0. The van der Waals surface area contributed by atoms with Gasteiger partial charge in [-0.25, -0.2) is 0 Å². The van der Waals surface area contributed by atoms with Crippen LogP contribution in [0.25, 0.3) is 0 Å². The van der Waals surface area contributed by atoms with Crippen molar-refractivity contribution >= 4 is 5.91 Å². The van der Waals surface area contributed by atoms with Crippen LogP contribution in [0.3, 0.4) is 0 Å². The minimum atomic E-state index is -0.120. The normalized spacial score (nSPS) is 40.0. The SMILES string of the molecule is CC1CCCC(N2C(=O)C3(CC3)NC2C2CCCC2)CC1. The number of nitrogens with one attached hydrogen (secondary N) is 1. The summed E-state index contributed by atoms with van der Waals surface area (Å²) in [5.74, 6) is 2.02. The molecule has 1 spiro atoms. The third kappa shape index (κ3) is 2.42. The van der Waals surface area contributed by atoms with Crippen molar-refractivity contribution in [2.24, 2.45) is 11.8 Å². The summed E-state index contributed by atoms with van der Waals surface area (Å²) in [6.45, 7) is 2.38. The van der Waals surface area contributed by atoms with E-state index in [1.807, 2.05) is 0 Å². The van der Waals surface area contributed by atoms with Gasteiger partial charge >= 0.3 is 0 Å². The highest BCUT2D eigenvalue weighted by molar-refractivity contribution is 5.92. The number of carbonyl (C=O) groups excluding carboxylic acids is 1. The van der Waals surface area contributed by atoms with Crippen molar-refractivity contribution in [1.82, 2.24) is 10.2 Å². The summed E-state index contributed by atoms with van der Waals surface area (Å²) in [7, 11) is 0. The van der Waals surface area contributed by atoms with Gasteiger partial charge in [-0.05, 0) is 56.8 Å². The Balaban J connectivity index is 1.55. The van der Waals surface area contributed by atoms with E-state index >= 15 is 0 Å². The van der Waals surface area contributed by atoms with E-state index in [0.717, 1.165) is 24.7 Å². The van der Waals surface area contributed by atoms with Crippen molar-refractivity contribution in [3.63, 3.8) is 0 Å². The van der Waals surface area contributed by atoms with Crippen LogP contribution in [0.2, 0.25) is 0 Å². The van der Waals surface area contributed by atoms with Gasteiger partial charge in [0.1, 0.15) is 0 Å². The Morgan fingerprint density at radius 1 is 1.00 bits per heavy atom. The van der Waals surface area contributed by atoms with Crippen LogP contribution in [0.4, 0.5) is 0 Å². The smallest absolute Gasteiger partial charge is 0.244 e. The molecule has 1 amide bonds. The summed E-state index contributed by atoms with van der Waals surface area (Å²) in [6.07, 6.45) is 14.3. The topological polar surface area (TPSA) is 32.3 Å². The van der Waals surface area contributed by atoms with Gasteiger partial charge in [0.05, 0.1) is 11.7 Å². The molecule has 1 aliphatic heterocycles. The van der Waals surface area contributed by atoms with Gasteiger partial charge in [-0.1, -0.05) is 32.6 Å². The molecule has 1 saturated heterocycles.